The summed E-state index contributed by atoms with van der Waals surface area (Å²) in [7, 11) is -1.05. The molecule has 0 radical (unpaired) electrons. The first kappa shape index (κ1) is 32.7. The summed E-state index contributed by atoms with van der Waals surface area (Å²) in [6.45, 7) is 38.2. The second-order valence-corrected chi connectivity index (χ2v) is 13.7. The van der Waals surface area contributed by atoms with Crippen molar-refractivity contribution in [2.24, 2.45) is 0 Å². The van der Waals surface area contributed by atoms with Crippen LogP contribution >= 0.6 is 31.9 Å². The first-order chi connectivity index (χ1) is 18.2. The SMILES string of the molecule is [C-]#[N+]c1nc(C)c(Br)c(B2OC(C)(C)C(C)(C)O2)c1C.[C-]#[N+]c1nc(C)c(Br)c(C)c1B1OC(C)(C)C(C)(C)O1. The molecule has 0 N–H and O–H groups in total. The summed E-state index contributed by atoms with van der Waals surface area (Å²) in [6.07, 6.45) is 0. The number of hydrogen-bond acceptors (Lipinski definition) is 6. The third-order valence-electron chi connectivity index (χ3n) is 8.32. The lowest BCUT2D eigenvalue weighted by atomic mass is 9.76. The van der Waals surface area contributed by atoms with Crippen molar-refractivity contribution in [1.29, 1.82) is 0 Å². The molecule has 2 fully saturated rings. The van der Waals surface area contributed by atoms with Crippen LogP contribution in [0.4, 0.5) is 11.6 Å². The number of aromatic nitrogens is 2. The van der Waals surface area contributed by atoms with E-state index in [1.165, 1.54) is 0 Å². The van der Waals surface area contributed by atoms with Gasteiger partial charge in [0.2, 0.25) is 0 Å². The molecule has 0 aromatic carbocycles. The van der Waals surface area contributed by atoms with Crippen molar-refractivity contribution >= 4 is 68.7 Å². The highest BCUT2D eigenvalue weighted by atomic mass is 79.9. The monoisotopic (exact) mass is 672 g/mol. The van der Waals surface area contributed by atoms with Gasteiger partial charge in [-0.25, -0.2) is 0 Å². The molecular weight excluding hydrogens is 638 g/mol. The maximum absolute atomic E-state index is 7.35. The van der Waals surface area contributed by atoms with Gasteiger partial charge in [0.1, 0.15) is 11.4 Å². The predicted molar refractivity (Wildman–Crippen MR) is 167 cm³/mol. The molecule has 0 spiro atoms. The Morgan fingerprint density at radius 1 is 0.575 bits per heavy atom. The molecule has 4 heterocycles. The molecule has 0 saturated carbocycles. The minimum Gasteiger partial charge on any atom is -0.400 e. The lowest BCUT2D eigenvalue weighted by Crippen LogP contribution is -2.41. The highest BCUT2D eigenvalue weighted by Crippen LogP contribution is 2.39. The predicted octanol–water partition coefficient (Wildman–Crippen LogP) is 6.62. The van der Waals surface area contributed by atoms with E-state index in [1.54, 1.807) is 0 Å². The van der Waals surface area contributed by atoms with E-state index in [9.17, 15) is 0 Å². The third kappa shape index (κ3) is 5.77. The number of hydrogen-bond donors (Lipinski definition) is 0. The molecule has 2 aromatic rings. The second-order valence-electron chi connectivity index (χ2n) is 12.1. The van der Waals surface area contributed by atoms with E-state index < -0.39 is 36.6 Å². The Morgan fingerprint density at radius 3 is 1.32 bits per heavy atom. The maximum atomic E-state index is 7.35. The van der Waals surface area contributed by atoms with Gasteiger partial charge >= 0.3 is 14.2 Å². The average Bonchev–Trinajstić information content (AvgIpc) is 3.18. The molecule has 0 bridgehead atoms. The van der Waals surface area contributed by atoms with E-state index in [-0.39, 0.29) is 0 Å². The van der Waals surface area contributed by atoms with E-state index in [2.05, 4.69) is 51.5 Å². The quantitative estimate of drug-likeness (QED) is 0.264. The number of rotatable bonds is 2. The van der Waals surface area contributed by atoms with Crippen LogP contribution < -0.4 is 10.9 Å². The maximum Gasteiger partial charge on any atom is 0.495 e. The van der Waals surface area contributed by atoms with Crippen LogP contribution in [0.5, 0.6) is 0 Å². The van der Waals surface area contributed by atoms with Crippen LogP contribution in [0.15, 0.2) is 8.95 Å². The van der Waals surface area contributed by atoms with Gasteiger partial charge in [-0.05, 0) is 118 Å². The first-order valence-corrected chi connectivity index (χ1v) is 14.6. The molecule has 4 rings (SSSR count). The van der Waals surface area contributed by atoms with Crippen molar-refractivity contribution in [2.45, 2.75) is 105 Å². The van der Waals surface area contributed by atoms with E-state index in [1.807, 2.05) is 83.1 Å². The van der Waals surface area contributed by atoms with E-state index in [0.717, 1.165) is 42.4 Å². The number of nitrogens with zero attached hydrogens (tertiary/aromatic N) is 4. The smallest absolute Gasteiger partial charge is 0.400 e. The summed E-state index contributed by atoms with van der Waals surface area (Å²) in [5.74, 6) is 0.747. The topological polar surface area (TPSA) is 71.4 Å². The molecule has 8 nitrogen and oxygen atoms in total. The summed E-state index contributed by atoms with van der Waals surface area (Å²) >= 11 is 7.08. The van der Waals surface area contributed by atoms with Crippen LogP contribution in [0.3, 0.4) is 0 Å². The van der Waals surface area contributed by atoms with Gasteiger partial charge in [-0.1, -0.05) is 13.1 Å². The van der Waals surface area contributed by atoms with Crippen LogP contribution in [-0.2, 0) is 18.6 Å². The normalized spacial score (nSPS) is 20.0. The van der Waals surface area contributed by atoms with Crippen LogP contribution in [0.2, 0.25) is 0 Å². The fourth-order valence-corrected chi connectivity index (χ4v) is 5.15. The Balaban J connectivity index is 0.000000220. The molecule has 12 heteroatoms. The molecule has 2 aliphatic rings. The van der Waals surface area contributed by atoms with Crippen LogP contribution in [0, 0.1) is 40.8 Å². The molecule has 212 valence electrons. The highest BCUT2D eigenvalue weighted by molar-refractivity contribution is 9.11. The number of halogens is 2. The van der Waals surface area contributed by atoms with Gasteiger partial charge in [0.15, 0.2) is 0 Å². The standard InChI is InChI=1S/2C14H18BBrN2O2/c1-8-10(11(16)9(2)18-12(8)17-7)15-19-13(3,4)14(5,6)20-15;1-8-10(12(17-7)18-9(2)11(8)16)15-19-13(3,4)14(5,6)20-15/h2*1-6H3. The first-order valence-electron chi connectivity index (χ1n) is 13.0. The highest BCUT2D eigenvalue weighted by Gasteiger charge is 2.54. The summed E-state index contributed by atoms with van der Waals surface area (Å²) in [5.41, 5.74) is 3.23. The van der Waals surface area contributed by atoms with Crippen molar-refractivity contribution in [3.8, 4) is 0 Å². The van der Waals surface area contributed by atoms with Crippen molar-refractivity contribution < 1.29 is 18.6 Å². The summed E-state index contributed by atoms with van der Waals surface area (Å²) in [6, 6.07) is 0. The summed E-state index contributed by atoms with van der Waals surface area (Å²) < 4.78 is 26.0. The zero-order chi connectivity index (χ0) is 30.6. The average molecular weight is 674 g/mol. The van der Waals surface area contributed by atoms with Crippen LogP contribution in [0.1, 0.15) is 77.9 Å². The molecule has 2 aromatic heterocycles. The van der Waals surface area contributed by atoms with Crippen LogP contribution in [0.25, 0.3) is 9.69 Å². The minimum atomic E-state index is -0.562. The Kier molecular flexibility index (Phi) is 9.10. The fourth-order valence-electron chi connectivity index (χ4n) is 4.28. The van der Waals surface area contributed by atoms with Crippen molar-refractivity contribution in [3.05, 3.63) is 54.3 Å². The fraction of sp³-hybridized carbons (Fsp3) is 0.571. The van der Waals surface area contributed by atoms with Gasteiger partial charge in [-0.15, -0.1) is 9.97 Å². The largest absolute Gasteiger partial charge is 0.495 e. The van der Waals surface area contributed by atoms with Crippen molar-refractivity contribution in [3.63, 3.8) is 0 Å². The van der Waals surface area contributed by atoms with Gasteiger partial charge in [-0.2, -0.15) is 0 Å². The zero-order valence-corrected chi connectivity index (χ0v) is 28.5. The molecule has 0 unspecified atom stereocenters. The third-order valence-corrected chi connectivity index (χ3v) is 10.5. The van der Waals surface area contributed by atoms with Crippen LogP contribution in [-0.4, -0.2) is 46.6 Å². The molecule has 40 heavy (non-hydrogen) atoms. The van der Waals surface area contributed by atoms with Crippen molar-refractivity contribution in [2.75, 3.05) is 0 Å². The molecule has 0 amide bonds. The van der Waals surface area contributed by atoms with E-state index in [0.29, 0.717) is 11.6 Å². The van der Waals surface area contributed by atoms with Gasteiger partial charge in [0, 0.05) is 19.3 Å². The molecule has 2 aliphatic heterocycles. The van der Waals surface area contributed by atoms with Gasteiger partial charge in [0.05, 0.1) is 31.3 Å². The summed E-state index contributed by atoms with van der Waals surface area (Å²) in [5, 5.41) is 0. The lowest BCUT2D eigenvalue weighted by molar-refractivity contribution is 0.00578. The molecule has 0 atom stereocenters. The minimum absolute atomic E-state index is 0.349. The molecular formula is C28H36B2Br2N4O4. The molecule has 2 saturated heterocycles. The van der Waals surface area contributed by atoms with E-state index >= 15 is 0 Å². The Morgan fingerprint density at radius 2 is 0.925 bits per heavy atom. The van der Waals surface area contributed by atoms with Gasteiger partial charge in [0.25, 0.3) is 11.6 Å². The zero-order valence-electron chi connectivity index (χ0n) is 25.3. The lowest BCUT2D eigenvalue weighted by Gasteiger charge is -2.32. The van der Waals surface area contributed by atoms with Gasteiger partial charge < -0.3 is 28.3 Å². The van der Waals surface area contributed by atoms with E-state index in [4.69, 9.17) is 31.8 Å². The number of pyridine rings is 2. The Labute approximate surface area is 256 Å². The number of aryl methyl sites for hydroxylation is 2. The van der Waals surface area contributed by atoms with Gasteiger partial charge in [-0.3, -0.25) is 0 Å². The summed E-state index contributed by atoms with van der Waals surface area (Å²) in [4.78, 5) is 15.6. The Hall–Kier alpha value is -1.79. The Bertz CT molecular complexity index is 1400. The molecule has 0 aliphatic carbocycles. The second kappa shape index (κ2) is 11.1. The van der Waals surface area contributed by atoms with Crippen molar-refractivity contribution in [1.82, 2.24) is 9.97 Å².